The van der Waals surface area contributed by atoms with E-state index in [-0.39, 0.29) is 22.6 Å². The predicted molar refractivity (Wildman–Crippen MR) is 80.0 cm³/mol. The van der Waals surface area contributed by atoms with Crippen LogP contribution in [0.1, 0.15) is 15.9 Å². The van der Waals surface area contributed by atoms with Crippen molar-refractivity contribution in [1.82, 2.24) is 9.55 Å². The van der Waals surface area contributed by atoms with E-state index >= 15 is 0 Å². The number of nitrogens with one attached hydrogen (secondary N) is 1. The molecule has 1 aromatic heterocycles. The third-order valence-corrected chi connectivity index (χ3v) is 3.52. The summed E-state index contributed by atoms with van der Waals surface area (Å²) in [6.45, 7) is 0.0541. The molecule has 0 spiro atoms. The molecule has 0 atom stereocenters. The van der Waals surface area contributed by atoms with Crippen LogP contribution in [-0.4, -0.2) is 20.6 Å². The number of halogens is 2. The fourth-order valence-electron chi connectivity index (χ4n) is 2.36. The molecule has 2 N–H and O–H groups in total. The molecule has 0 bridgehead atoms. The van der Waals surface area contributed by atoms with Crippen molar-refractivity contribution in [3.8, 4) is 0 Å². The van der Waals surface area contributed by atoms with E-state index in [4.69, 9.17) is 16.7 Å². The van der Waals surface area contributed by atoms with Gasteiger partial charge in [0.1, 0.15) is 5.52 Å². The zero-order chi connectivity index (χ0) is 15.9. The number of benzene rings is 2. The number of imidazole rings is 1. The summed E-state index contributed by atoms with van der Waals surface area (Å²) in [5.74, 6) is -1.68. The van der Waals surface area contributed by atoms with E-state index in [1.54, 1.807) is 12.1 Å². The molecule has 2 aromatic carbocycles. The van der Waals surface area contributed by atoms with Gasteiger partial charge in [-0.3, -0.25) is 4.57 Å². The Bertz CT molecular complexity index is 946. The maximum Gasteiger partial charge on any atom is 0.335 e. The third kappa shape index (κ3) is 2.48. The lowest BCUT2D eigenvalue weighted by Gasteiger charge is -2.06. The number of hydrogen-bond donors (Lipinski definition) is 2. The molecule has 3 rings (SSSR count). The lowest BCUT2D eigenvalue weighted by Crippen LogP contribution is -2.18. The Kier molecular flexibility index (Phi) is 3.46. The van der Waals surface area contributed by atoms with Gasteiger partial charge in [0, 0.05) is 5.02 Å². The average Bonchev–Trinajstić information content (AvgIpc) is 2.75. The van der Waals surface area contributed by atoms with Gasteiger partial charge in [0.05, 0.1) is 17.6 Å². The number of hydrogen-bond acceptors (Lipinski definition) is 2. The lowest BCUT2D eigenvalue weighted by molar-refractivity contribution is 0.0696. The number of aromatic nitrogens is 2. The highest BCUT2D eigenvalue weighted by Gasteiger charge is 2.13. The van der Waals surface area contributed by atoms with E-state index in [2.05, 4.69) is 4.98 Å². The van der Waals surface area contributed by atoms with Gasteiger partial charge in [0.2, 0.25) is 0 Å². The quantitative estimate of drug-likeness (QED) is 0.779. The standard InChI is InChI=1S/C15H10ClFN2O3/c16-10-5-11(17)13-12(6-10)18-15(22)19(13)7-8-2-1-3-9(4-8)14(20)21/h1-6H,7H2,(H,18,22)(H,20,21). The summed E-state index contributed by atoms with van der Waals surface area (Å²) in [5.41, 5.74) is 0.600. The fourth-order valence-corrected chi connectivity index (χ4v) is 2.56. The monoisotopic (exact) mass is 320 g/mol. The second-order valence-electron chi connectivity index (χ2n) is 4.81. The van der Waals surface area contributed by atoms with E-state index in [9.17, 15) is 14.0 Å². The number of nitrogens with zero attached hydrogens (tertiary/aromatic N) is 1. The first-order chi connectivity index (χ1) is 10.5. The van der Waals surface area contributed by atoms with Crippen LogP contribution in [0, 0.1) is 5.82 Å². The Hall–Kier alpha value is -2.60. The fraction of sp³-hybridized carbons (Fsp3) is 0.0667. The van der Waals surface area contributed by atoms with Crippen LogP contribution < -0.4 is 5.69 Å². The minimum atomic E-state index is -1.06. The molecule has 0 unspecified atom stereocenters. The summed E-state index contributed by atoms with van der Waals surface area (Å²) in [6.07, 6.45) is 0. The second-order valence-corrected chi connectivity index (χ2v) is 5.24. The maximum absolute atomic E-state index is 14.1. The molecular formula is C15H10ClFN2O3. The van der Waals surface area contributed by atoms with E-state index in [0.29, 0.717) is 11.1 Å². The molecule has 0 fully saturated rings. The molecule has 1 heterocycles. The molecule has 0 aliphatic heterocycles. The van der Waals surface area contributed by atoms with Crippen LogP contribution in [0.5, 0.6) is 0 Å². The molecule has 0 aliphatic rings. The van der Waals surface area contributed by atoms with Gasteiger partial charge >= 0.3 is 11.7 Å². The van der Waals surface area contributed by atoms with E-state index < -0.39 is 17.5 Å². The SMILES string of the molecule is O=C(O)c1cccc(Cn2c(=O)[nH]c3cc(Cl)cc(F)c32)c1. The van der Waals surface area contributed by atoms with Crippen LogP contribution in [0.4, 0.5) is 4.39 Å². The number of aromatic carboxylic acids is 1. The van der Waals surface area contributed by atoms with Crippen molar-refractivity contribution in [3.05, 3.63) is 68.8 Å². The summed E-state index contributed by atoms with van der Waals surface area (Å²) in [7, 11) is 0. The Labute approximate surface area is 128 Å². The van der Waals surface area contributed by atoms with Crippen molar-refractivity contribution in [2.24, 2.45) is 0 Å². The topological polar surface area (TPSA) is 75.1 Å². The zero-order valence-electron chi connectivity index (χ0n) is 11.1. The van der Waals surface area contributed by atoms with Gasteiger partial charge in [0.25, 0.3) is 0 Å². The average molecular weight is 321 g/mol. The largest absolute Gasteiger partial charge is 0.478 e. The Morgan fingerprint density at radius 1 is 1.32 bits per heavy atom. The number of carboxylic acids is 1. The first kappa shape index (κ1) is 14.3. The van der Waals surface area contributed by atoms with Crippen LogP contribution in [0.3, 0.4) is 0 Å². The Morgan fingerprint density at radius 2 is 2.09 bits per heavy atom. The normalized spacial score (nSPS) is 11.0. The molecule has 22 heavy (non-hydrogen) atoms. The van der Waals surface area contributed by atoms with Crippen LogP contribution in [-0.2, 0) is 6.54 Å². The molecule has 0 saturated heterocycles. The third-order valence-electron chi connectivity index (χ3n) is 3.30. The first-order valence-corrected chi connectivity index (χ1v) is 6.73. The van der Waals surface area contributed by atoms with Crippen molar-refractivity contribution in [3.63, 3.8) is 0 Å². The molecule has 0 radical (unpaired) electrons. The van der Waals surface area contributed by atoms with Gasteiger partial charge < -0.3 is 10.1 Å². The summed E-state index contributed by atoms with van der Waals surface area (Å²) in [4.78, 5) is 25.5. The van der Waals surface area contributed by atoms with Crippen LogP contribution in [0.2, 0.25) is 5.02 Å². The molecule has 0 aliphatic carbocycles. The first-order valence-electron chi connectivity index (χ1n) is 6.35. The van der Waals surface area contributed by atoms with Crippen molar-refractivity contribution in [2.45, 2.75) is 6.54 Å². The van der Waals surface area contributed by atoms with Crippen LogP contribution >= 0.6 is 11.6 Å². The van der Waals surface area contributed by atoms with Gasteiger partial charge in [0.15, 0.2) is 5.82 Å². The minimum Gasteiger partial charge on any atom is -0.478 e. The number of fused-ring (bicyclic) bond motifs is 1. The maximum atomic E-state index is 14.1. The van der Waals surface area contributed by atoms with Crippen molar-refractivity contribution in [1.29, 1.82) is 0 Å². The summed E-state index contributed by atoms with van der Waals surface area (Å²) >= 11 is 5.76. The number of H-pyrrole nitrogens is 1. The molecule has 0 saturated carbocycles. The van der Waals surface area contributed by atoms with Crippen LogP contribution in [0.25, 0.3) is 11.0 Å². The van der Waals surface area contributed by atoms with E-state index in [1.165, 1.54) is 22.8 Å². The summed E-state index contributed by atoms with van der Waals surface area (Å²) in [5, 5.41) is 9.17. The zero-order valence-corrected chi connectivity index (χ0v) is 11.9. The molecule has 112 valence electrons. The van der Waals surface area contributed by atoms with Crippen molar-refractivity contribution in [2.75, 3.05) is 0 Å². The second kappa shape index (κ2) is 5.31. The molecule has 5 nitrogen and oxygen atoms in total. The molecule has 7 heteroatoms. The minimum absolute atomic E-state index is 0.0541. The summed E-state index contributed by atoms with van der Waals surface area (Å²) < 4.78 is 15.3. The van der Waals surface area contributed by atoms with E-state index in [1.807, 2.05) is 0 Å². The predicted octanol–water partition coefficient (Wildman–Crippen LogP) is 2.87. The molecular weight excluding hydrogens is 311 g/mol. The molecule has 3 aromatic rings. The van der Waals surface area contributed by atoms with Gasteiger partial charge in [-0.1, -0.05) is 23.7 Å². The van der Waals surface area contributed by atoms with Gasteiger partial charge in [-0.05, 0) is 29.8 Å². The smallest absolute Gasteiger partial charge is 0.335 e. The number of carboxylic acid groups (broad SMARTS) is 1. The van der Waals surface area contributed by atoms with Crippen molar-refractivity contribution < 1.29 is 14.3 Å². The highest BCUT2D eigenvalue weighted by Crippen LogP contribution is 2.21. The summed E-state index contributed by atoms with van der Waals surface area (Å²) in [6, 6.07) is 8.73. The Morgan fingerprint density at radius 3 is 2.82 bits per heavy atom. The molecule has 0 amide bonds. The van der Waals surface area contributed by atoms with Gasteiger partial charge in [-0.25, -0.2) is 14.0 Å². The lowest BCUT2D eigenvalue weighted by atomic mass is 10.1. The van der Waals surface area contributed by atoms with Crippen molar-refractivity contribution >= 4 is 28.6 Å². The number of carbonyl (C=O) groups is 1. The number of aromatic amines is 1. The van der Waals surface area contributed by atoms with E-state index in [0.717, 1.165) is 6.07 Å². The van der Waals surface area contributed by atoms with Gasteiger partial charge in [-0.15, -0.1) is 0 Å². The number of rotatable bonds is 3. The highest BCUT2D eigenvalue weighted by atomic mass is 35.5. The highest BCUT2D eigenvalue weighted by molar-refractivity contribution is 6.31. The van der Waals surface area contributed by atoms with Crippen LogP contribution in [0.15, 0.2) is 41.2 Å². The Balaban J connectivity index is 2.11. The van der Waals surface area contributed by atoms with Gasteiger partial charge in [-0.2, -0.15) is 0 Å².